The minimum atomic E-state index is -0.617. The van der Waals surface area contributed by atoms with Gasteiger partial charge in [-0.2, -0.15) is 0 Å². The molecule has 0 aromatic heterocycles. The first-order valence-corrected chi connectivity index (χ1v) is 6.13. The highest BCUT2D eigenvalue weighted by molar-refractivity contribution is 5.28. The molecule has 96 valence electrons. The molecule has 0 aliphatic heterocycles. The first kappa shape index (κ1) is 14.0. The van der Waals surface area contributed by atoms with E-state index in [2.05, 4.69) is 12.2 Å². The molecule has 0 fully saturated rings. The lowest BCUT2D eigenvalue weighted by molar-refractivity contribution is 0.0498. The third kappa shape index (κ3) is 5.20. The molecule has 1 atom stereocenters. The van der Waals surface area contributed by atoms with Crippen molar-refractivity contribution in [3.63, 3.8) is 0 Å². The van der Waals surface area contributed by atoms with Crippen LogP contribution in [0.2, 0.25) is 0 Å². The number of methoxy groups -OCH3 is 1. The molecule has 0 amide bonds. The second-order valence-electron chi connectivity index (χ2n) is 4.70. The molecule has 0 radical (unpaired) electrons. The summed E-state index contributed by atoms with van der Waals surface area (Å²) in [4.78, 5) is 0. The first-order chi connectivity index (χ1) is 8.07. The normalized spacial score (nSPS) is 14.4. The van der Waals surface area contributed by atoms with Gasteiger partial charge in [-0.25, -0.2) is 0 Å². The minimum absolute atomic E-state index is 0.609. The number of aliphatic hydroxyl groups is 1. The number of benzene rings is 1. The Hall–Kier alpha value is -1.06. The van der Waals surface area contributed by atoms with Gasteiger partial charge in [0.2, 0.25) is 0 Å². The number of ether oxygens (including phenoxy) is 1. The van der Waals surface area contributed by atoms with E-state index in [1.165, 1.54) is 0 Å². The van der Waals surface area contributed by atoms with Gasteiger partial charge in [0, 0.05) is 13.1 Å². The van der Waals surface area contributed by atoms with E-state index in [1.807, 2.05) is 31.2 Å². The van der Waals surface area contributed by atoms with E-state index >= 15 is 0 Å². The largest absolute Gasteiger partial charge is 0.497 e. The number of hydrogen-bond acceptors (Lipinski definition) is 3. The SMILES string of the molecule is CCCC(C)(O)CNCc1cccc(OC)c1. The van der Waals surface area contributed by atoms with Gasteiger partial charge in [-0.3, -0.25) is 0 Å². The summed E-state index contributed by atoms with van der Waals surface area (Å²) in [6.07, 6.45) is 1.81. The summed E-state index contributed by atoms with van der Waals surface area (Å²) < 4.78 is 5.16. The second kappa shape index (κ2) is 6.62. The Bertz CT molecular complexity index is 337. The maximum atomic E-state index is 10.0. The van der Waals surface area contributed by atoms with Crippen LogP contribution in [0.25, 0.3) is 0 Å². The molecule has 0 bridgehead atoms. The molecule has 3 nitrogen and oxygen atoms in total. The number of hydrogen-bond donors (Lipinski definition) is 2. The Kier molecular flexibility index (Phi) is 5.45. The van der Waals surface area contributed by atoms with Crippen molar-refractivity contribution in [3.8, 4) is 5.75 Å². The molecule has 0 heterocycles. The average molecular weight is 237 g/mol. The zero-order chi connectivity index (χ0) is 12.7. The Morgan fingerprint density at radius 2 is 2.18 bits per heavy atom. The molecule has 0 aliphatic carbocycles. The van der Waals surface area contributed by atoms with Crippen LogP contribution in [0.4, 0.5) is 0 Å². The summed E-state index contributed by atoms with van der Waals surface area (Å²) in [7, 11) is 1.67. The van der Waals surface area contributed by atoms with Crippen molar-refractivity contribution in [2.45, 2.75) is 38.8 Å². The summed E-state index contributed by atoms with van der Waals surface area (Å²) in [5.74, 6) is 0.865. The predicted molar refractivity (Wildman–Crippen MR) is 70.2 cm³/mol. The molecular weight excluding hydrogens is 214 g/mol. The van der Waals surface area contributed by atoms with Crippen molar-refractivity contribution >= 4 is 0 Å². The third-order valence-corrected chi connectivity index (χ3v) is 2.76. The Balaban J connectivity index is 2.40. The van der Waals surface area contributed by atoms with Crippen molar-refractivity contribution in [1.29, 1.82) is 0 Å². The van der Waals surface area contributed by atoms with Crippen LogP contribution >= 0.6 is 0 Å². The van der Waals surface area contributed by atoms with E-state index in [-0.39, 0.29) is 0 Å². The van der Waals surface area contributed by atoms with E-state index in [0.717, 1.165) is 30.7 Å². The molecule has 0 saturated heterocycles. The van der Waals surface area contributed by atoms with Gasteiger partial charge in [-0.1, -0.05) is 25.5 Å². The minimum Gasteiger partial charge on any atom is -0.497 e. The van der Waals surface area contributed by atoms with Gasteiger partial charge in [0.05, 0.1) is 12.7 Å². The van der Waals surface area contributed by atoms with Crippen molar-refractivity contribution in [3.05, 3.63) is 29.8 Å². The zero-order valence-electron chi connectivity index (χ0n) is 11.0. The molecule has 0 spiro atoms. The summed E-state index contributed by atoms with van der Waals surface area (Å²) in [5, 5.41) is 13.3. The van der Waals surface area contributed by atoms with Crippen molar-refractivity contribution < 1.29 is 9.84 Å². The van der Waals surface area contributed by atoms with Crippen LogP contribution in [0.5, 0.6) is 5.75 Å². The van der Waals surface area contributed by atoms with E-state index in [9.17, 15) is 5.11 Å². The Labute approximate surface area is 104 Å². The average Bonchev–Trinajstić information content (AvgIpc) is 2.29. The van der Waals surface area contributed by atoms with Gasteiger partial charge >= 0.3 is 0 Å². The van der Waals surface area contributed by atoms with Crippen LogP contribution < -0.4 is 10.1 Å². The summed E-state index contributed by atoms with van der Waals surface area (Å²) in [6.45, 7) is 5.31. The fraction of sp³-hybridized carbons (Fsp3) is 0.571. The molecule has 2 N–H and O–H groups in total. The summed E-state index contributed by atoms with van der Waals surface area (Å²) in [6, 6.07) is 7.95. The maximum absolute atomic E-state index is 10.0. The van der Waals surface area contributed by atoms with Gasteiger partial charge < -0.3 is 15.2 Å². The van der Waals surface area contributed by atoms with E-state index in [4.69, 9.17) is 4.74 Å². The lowest BCUT2D eigenvalue weighted by Crippen LogP contribution is -2.37. The van der Waals surface area contributed by atoms with Crippen LogP contribution in [-0.2, 0) is 6.54 Å². The fourth-order valence-electron chi connectivity index (χ4n) is 1.89. The standard InChI is InChI=1S/C14H23NO2/c1-4-8-14(2,16)11-15-10-12-6-5-7-13(9-12)17-3/h5-7,9,15-16H,4,8,10-11H2,1-3H3. The van der Waals surface area contributed by atoms with Crippen molar-refractivity contribution in [2.75, 3.05) is 13.7 Å². The van der Waals surface area contributed by atoms with Gasteiger partial charge in [0.25, 0.3) is 0 Å². The second-order valence-corrected chi connectivity index (χ2v) is 4.70. The van der Waals surface area contributed by atoms with Crippen LogP contribution in [0.15, 0.2) is 24.3 Å². The van der Waals surface area contributed by atoms with Crippen molar-refractivity contribution in [2.24, 2.45) is 0 Å². The molecule has 0 aliphatic rings. The Morgan fingerprint density at radius 1 is 1.41 bits per heavy atom. The third-order valence-electron chi connectivity index (χ3n) is 2.76. The molecule has 1 aromatic rings. The van der Waals surface area contributed by atoms with Crippen LogP contribution in [-0.4, -0.2) is 24.4 Å². The molecule has 0 saturated carbocycles. The van der Waals surface area contributed by atoms with Crippen molar-refractivity contribution in [1.82, 2.24) is 5.32 Å². The molecular formula is C14H23NO2. The fourth-order valence-corrected chi connectivity index (χ4v) is 1.89. The molecule has 17 heavy (non-hydrogen) atoms. The smallest absolute Gasteiger partial charge is 0.119 e. The highest BCUT2D eigenvalue weighted by Crippen LogP contribution is 2.13. The van der Waals surface area contributed by atoms with Gasteiger partial charge in [-0.15, -0.1) is 0 Å². The van der Waals surface area contributed by atoms with E-state index in [0.29, 0.717) is 6.54 Å². The van der Waals surface area contributed by atoms with Gasteiger partial charge in [0.15, 0.2) is 0 Å². The van der Waals surface area contributed by atoms with Crippen LogP contribution in [0.3, 0.4) is 0 Å². The van der Waals surface area contributed by atoms with Gasteiger partial charge in [0.1, 0.15) is 5.75 Å². The van der Waals surface area contributed by atoms with E-state index < -0.39 is 5.60 Å². The zero-order valence-corrected chi connectivity index (χ0v) is 11.0. The highest BCUT2D eigenvalue weighted by Gasteiger charge is 2.17. The van der Waals surface area contributed by atoms with Crippen LogP contribution in [0.1, 0.15) is 32.3 Å². The monoisotopic (exact) mass is 237 g/mol. The van der Waals surface area contributed by atoms with Crippen LogP contribution in [0, 0.1) is 0 Å². The summed E-state index contributed by atoms with van der Waals surface area (Å²) in [5.41, 5.74) is 0.546. The highest BCUT2D eigenvalue weighted by atomic mass is 16.5. The quantitative estimate of drug-likeness (QED) is 0.765. The lowest BCUT2D eigenvalue weighted by atomic mass is 10.0. The Morgan fingerprint density at radius 3 is 2.82 bits per heavy atom. The number of rotatable bonds is 7. The topological polar surface area (TPSA) is 41.5 Å². The summed E-state index contributed by atoms with van der Waals surface area (Å²) >= 11 is 0. The van der Waals surface area contributed by atoms with Gasteiger partial charge in [-0.05, 0) is 31.0 Å². The molecule has 3 heteroatoms. The maximum Gasteiger partial charge on any atom is 0.119 e. The van der Waals surface area contributed by atoms with E-state index in [1.54, 1.807) is 7.11 Å². The molecule has 1 aromatic carbocycles. The number of nitrogens with one attached hydrogen (secondary N) is 1. The molecule has 1 unspecified atom stereocenters. The first-order valence-electron chi connectivity index (χ1n) is 6.13. The lowest BCUT2D eigenvalue weighted by Gasteiger charge is -2.23. The molecule has 1 rings (SSSR count). The predicted octanol–water partition coefficient (Wildman–Crippen LogP) is 2.34.